The quantitative estimate of drug-likeness (QED) is 0.425. The van der Waals surface area contributed by atoms with E-state index in [-0.39, 0.29) is 16.7 Å². The van der Waals surface area contributed by atoms with Crippen LogP contribution in [0.2, 0.25) is 5.15 Å². The zero-order chi connectivity index (χ0) is 13.5. The first kappa shape index (κ1) is 14.5. The summed E-state index contributed by atoms with van der Waals surface area (Å²) in [4.78, 5) is 18.6. The first-order valence-electron chi connectivity index (χ1n) is 5.51. The number of unbranched alkanes of at least 4 members (excludes halogenated alkanes) is 1. The molecule has 8 heteroatoms. The normalized spacial score (nSPS) is 12.1. The van der Waals surface area contributed by atoms with Crippen LogP contribution in [-0.2, 0) is 4.79 Å². The van der Waals surface area contributed by atoms with Crippen LogP contribution in [0.4, 0.5) is 11.5 Å². The van der Waals surface area contributed by atoms with Crippen molar-refractivity contribution in [2.75, 3.05) is 17.6 Å². The van der Waals surface area contributed by atoms with Crippen molar-refractivity contribution in [2.24, 2.45) is 5.73 Å². The highest BCUT2D eigenvalue weighted by Gasteiger charge is 2.19. The van der Waals surface area contributed by atoms with Crippen molar-refractivity contribution in [3.8, 4) is 0 Å². The van der Waals surface area contributed by atoms with Gasteiger partial charge in [-0.1, -0.05) is 11.6 Å². The van der Waals surface area contributed by atoms with Gasteiger partial charge in [-0.3, -0.25) is 0 Å². The van der Waals surface area contributed by atoms with E-state index in [9.17, 15) is 4.79 Å². The Morgan fingerprint density at radius 2 is 2.22 bits per heavy atom. The van der Waals surface area contributed by atoms with Crippen molar-refractivity contribution in [2.45, 2.75) is 25.3 Å². The summed E-state index contributed by atoms with van der Waals surface area (Å²) in [6.07, 6.45) is 3.14. The highest BCUT2D eigenvalue weighted by molar-refractivity contribution is 6.32. The van der Waals surface area contributed by atoms with Crippen molar-refractivity contribution >= 4 is 29.1 Å². The summed E-state index contributed by atoms with van der Waals surface area (Å²) in [5, 5.41) is 11.9. The number of carboxylic acids is 1. The maximum Gasteiger partial charge on any atom is 0.326 e. The predicted molar refractivity (Wildman–Crippen MR) is 69.4 cm³/mol. The third kappa shape index (κ3) is 4.01. The molecule has 0 spiro atoms. The number of aromatic nitrogens is 2. The van der Waals surface area contributed by atoms with Crippen molar-refractivity contribution in [1.29, 1.82) is 0 Å². The number of nitrogens with one attached hydrogen (secondary N) is 1. The lowest BCUT2D eigenvalue weighted by atomic mass is 10.1. The molecule has 6 N–H and O–H groups in total. The average molecular weight is 274 g/mol. The molecule has 0 saturated carbocycles. The number of aliphatic carboxylic acids is 1. The van der Waals surface area contributed by atoms with Gasteiger partial charge in [-0.2, -0.15) is 0 Å². The zero-order valence-corrected chi connectivity index (χ0v) is 10.5. The summed E-state index contributed by atoms with van der Waals surface area (Å²) in [5.41, 5.74) is 11.2. The van der Waals surface area contributed by atoms with E-state index in [2.05, 4.69) is 15.3 Å². The summed E-state index contributed by atoms with van der Waals surface area (Å²) in [7, 11) is 0. The summed E-state index contributed by atoms with van der Waals surface area (Å²) < 4.78 is 0. The van der Waals surface area contributed by atoms with Crippen molar-refractivity contribution in [3.05, 3.63) is 11.5 Å². The van der Waals surface area contributed by atoms with Gasteiger partial charge in [0.15, 0.2) is 11.0 Å². The Morgan fingerprint density at radius 1 is 1.50 bits per heavy atom. The van der Waals surface area contributed by atoms with Crippen LogP contribution in [0.3, 0.4) is 0 Å². The molecular weight excluding hydrogens is 258 g/mol. The van der Waals surface area contributed by atoms with Gasteiger partial charge in [-0.15, -0.1) is 0 Å². The van der Waals surface area contributed by atoms with Gasteiger partial charge in [0.1, 0.15) is 18.1 Å². The molecule has 0 bridgehead atoms. The van der Waals surface area contributed by atoms with Crippen LogP contribution < -0.4 is 16.8 Å². The van der Waals surface area contributed by atoms with Crippen LogP contribution >= 0.6 is 11.6 Å². The Morgan fingerprint density at radius 3 is 2.83 bits per heavy atom. The van der Waals surface area contributed by atoms with Crippen LogP contribution in [0.15, 0.2) is 6.33 Å². The molecule has 100 valence electrons. The molecule has 7 nitrogen and oxygen atoms in total. The van der Waals surface area contributed by atoms with E-state index in [1.54, 1.807) is 0 Å². The van der Waals surface area contributed by atoms with Gasteiger partial charge >= 0.3 is 5.97 Å². The van der Waals surface area contributed by atoms with Crippen molar-refractivity contribution in [3.63, 3.8) is 0 Å². The molecule has 0 aliphatic heterocycles. The molecule has 18 heavy (non-hydrogen) atoms. The second-order valence-electron chi connectivity index (χ2n) is 3.75. The van der Waals surface area contributed by atoms with E-state index >= 15 is 0 Å². The van der Waals surface area contributed by atoms with Gasteiger partial charge in [0.2, 0.25) is 0 Å². The summed E-state index contributed by atoms with van der Waals surface area (Å²) >= 11 is 5.72. The van der Waals surface area contributed by atoms with E-state index in [4.69, 9.17) is 28.2 Å². The Bertz CT molecular complexity index is 415. The predicted octanol–water partition coefficient (Wildman–Crippen LogP) is 0.706. The molecule has 0 aliphatic rings. The number of carbonyl (C=O) groups is 1. The Labute approximate surface area is 110 Å². The lowest BCUT2D eigenvalue weighted by Gasteiger charge is -2.16. The van der Waals surface area contributed by atoms with Crippen LogP contribution in [0.1, 0.15) is 19.3 Å². The van der Waals surface area contributed by atoms with E-state index < -0.39 is 12.0 Å². The van der Waals surface area contributed by atoms with E-state index in [0.717, 1.165) is 6.42 Å². The van der Waals surface area contributed by atoms with E-state index in [1.165, 1.54) is 6.33 Å². The number of nitrogens with two attached hydrogens (primary N) is 2. The number of nitrogen functional groups attached to an aromatic ring is 1. The first-order valence-corrected chi connectivity index (χ1v) is 5.89. The zero-order valence-electron chi connectivity index (χ0n) is 9.77. The van der Waals surface area contributed by atoms with Crippen molar-refractivity contribution < 1.29 is 9.90 Å². The molecule has 0 amide bonds. The molecule has 0 fully saturated rings. The summed E-state index contributed by atoms with van der Waals surface area (Å²) in [6.45, 7) is 0.536. The second kappa shape index (κ2) is 6.97. The van der Waals surface area contributed by atoms with Gasteiger partial charge in [0, 0.05) is 0 Å². The van der Waals surface area contributed by atoms with Gasteiger partial charge < -0.3 is 21.9 Å². The van der Waals surface area contributed by atoms with Gasteiger partial charge in [0.25, 0.3) is 0 Å². The molecule has 0 saturated heterocycles. The third-order valence-electron chi connectivity index (χ3n) is 2.39. The molecule has 1 rings (SSSR count). The number of anilines is 2. The topological polar surface area (TPSA) is 127 Å². The fourth-order valence-electron chi connectivity index (χ4n) is 1.40. The molecule has 0 unspecified atom stereocenters. The maximum absolute atomic E-state index is 11.1. The Kier molecular flexibility index (Phi) is 5.60. The Balaban J connectivity index is 2.71. The smallest absolute Gasteiger partial charge is 0.326 e. The number of hydrogen-bond donors (Lipinski definition) is 4. The minimum absolute atomic E-state index is 0.0959. The molecule has 1 aromatic rings. The molecule has 1 aromatic heterocycles. The first-order chi connectivity index (χ1) is 8.56. The molecule has 0 aromatic carbocycles. The molecule has 0 aliphatic carbocycles. The SMILES string of the molecule is NCCCC[C@H](Nc1ncnc(Cl)c1N)C(=O)O. The van der Waals surface area contributed by atoms with Crippen molar-refractivity contribution in [1.82, 2.24) is 9.97 Å². The van der Waals surface area contributed by atoms with Crippen LogP contribution in [-0.4, -0.2) is 33.6 Å². The number of hydrogen-bond acceptors (Lipinski definition) is 6. The summed E-state index contributed by atoms with van der Waals surface area (Å²) in [6, 6.07) is -0.773. The number of nitrogens with zero attached hydrogens (tertiary/aromatic N) is 2. The maximum atomic E-state index is 11.1. The highest BCUT2D eigenvalue weighted by Crippen LogP contribution is 2.23. The largest absolute Gasteiger partial charge is 0.480 e. The average Bonchev–Trinajstić information content (AvgIpc) is 2.33. The van der Waals surface area contributed by atoms with Gasteiger partial charge in [-0.05, 0) is 25.8 Å². The fraction of sp³-hybridized carbons (Fsp3) is 0.500. The third-order valence-corrected chi connectivity index (χ3v) is 2.69. The molecule has 1 atom stereocenters. The lowest BCUT2D eigenvalue weighted by Crippen LogP contribution is -2.30. The van der Waals surface area contributed by atoms with E-state index in [1.807, 2.05) is 0 Å². The lowest BCUT2D eigenvalue weighted by molar-refractivity contribution is -0.138. The Hall–Kier alpha value is -1.60. The van der Waals surface area contributed by atoms with E-state index in [0.29, 0.717) is 19.4 Å². The minimum atomic E-state index is -0.971. The van der Waals surface area contributed by atoms with Gasteiger partial charge in [0.05, 0.1) is 0 Å². The second-order valence-corrected chi connectivity index (χ2v) is 4.10. The van der Waals surface area contributed by atoms with Crippen LogP contribution in [0.25, 0.3) is 0 Å². The van der Waals surface area contributed by atoms with Crippen LogP contribution in [0.5, 0.6) is 0 Å². The summed E-state index contributed by atoms with van der Waals surface area (Å²) in [5.74, 6) is -0.740. The van der Waals surface area contributed by atoms with Crippen LogP contribution in [0, 0.1) is 0 Å². The monoisotopic (exact) mass is 273 g/mol. The number of carboxylic acid groups (broad SMARTS) is 1. The standard InChI is InChI=1S/C10H16ClN5O2/c11-8-7(13)9(15-5-14-8)16-6(10(17)18)3-1-2-4-12/h5-6H,1-4,12-13H2,(H,17,18)(H,14,15,16)/t6-/m0/s1. The number of halogens is 1. The number of rotatable bonds is 7. The molecule has 1 heterocycles. The van der Waals surface area contributed by atoms with Gasteiger partial charge in [-0.25, -0.2) is 14.8 Å². The minimum Gasteiger partial charge on any atom is -0.480 e. The highest BCUT2D eigenvalue weighted by atomic mass is 35.5. The molecular formula is C10H16ClN5O2. The fourth-order valence-corrected chi connectivity index (χ4v) is 1.54. The molecule has 0 radical (unpaired) electrons.